The lowest BCUT2D eigenvalue weighted by molar-refractivity contribution is 0.449. The van der Waals surface area contributed by atoms with Crippen LogP contribution in [0.3, 0.4) is 0 Å². The van der Waals surface area contributed by atoms with Gasteiger partial charge in [-0.1, -0.05) is 0 Å². The van der Waals surface area contributed by atoms with Crippen LogP contribution >= 0.6 is 0 Å². The third-order valence-electron chi connectivity index (χ3n) is 2.45. The molecule has 1 fully saturated rings. The van der Waals surface area contributed by atoms with Crippen molar-refractivity contribution in [1.29, 1.82) is 0 Å². The van der Waals surface area contributed by atoms with E-state index in [4.69, 9.17) is 8.23 Å². The molecule has 1 aliphatic heterocycles. The summed E-state index contributed by atoms with van der Waals surface area (Å²) in [6, 6.07) is 0. The van der Waals surface area contributed by atoms with Crippen molar-refractivity contribution in [3.63, 3.8) is 0 Å². The molecule has 0 aromatic rings. The summed E-state index contributed by atoms with van der Waals surface area (Å²) in [5, 5.41) is 0. The van der Waals surface area contributed by atoms with Crippen LogP contribution in [0.25, 0.3) is 0 Å². The van der Waals surface area contributed by atoms with Crippen LogP contribution < -0.4 is 0 Å². The minimum atomic E-state index is -1.69. The topological polar surface area (TPSA) is 18.5 Å². The maximum absolute atomic E-state index is 6.07. The van der Waals surface area contributed by atoms with Gasteiger partial charge >= 0.3 is 8.56 Å². The fraction of sp³-hybridized carbons (Fsp3) is 1.00. The molecule has 1 aliphatic rings. The van der Waals surface area contributed by atoms with Gasteiger partial charge in [-0.15, -0.1) is 0 Å². The molecule has 1 heterocycles. The van der Waals surface area contributed by atoms with Gasteiger partial charge in [0, 0.05) is 0 Å². The predicted octanol–water partition coefficient (Wildman–Crippen LogP) is 2.22. The quantitative estimate of drug-likeness (QED) is 0.566. The number of hydrogen-bond acceptors (Lipinski definition) is 2. The van der Waals surface area contributed by atoms with E-state index >= 15 is 0 Å². The molecule has 0 N–H and O–H groups in total. The van der Waals surface area contributed by atoms with E-state index in [0.29, 0.717) is 0 Å². The van der Waals surface area contributed by atoms with E-state index in [1.54, 1.807) is 0 Å². The van der Waals surface area contributed by atoms with Crippen LogP contribution in [-0.4, -0.2) is 24.2 Å². The van der Waals surface area contributed by atoms with Crippen LogP contribution in [0.2, 0.25) is 39.3 Å². The van der Waals surface area contributed by atoms with Crippen molar-refractivity contribution in [3.8, 4) is 0 Å². The van der Waals surface area contributed by atoms with Gasteiger partial charge in [-0.2, -0.15) is 0 Å². The Kier molecular flexibility index (Phi) is 2.01. The normalized spacial score (nSPS) is 32.2. The lowest BCUT2D eigenvalue weighted by atomic mass is 11.9. The molecule has 11 heavy (non-hydrogen) atoms. The van der Waals surface area contributed by atoms with Crippen molar-refractivity contribution < 1.29 is 8.23 Å². The summed E-state index contributed by atoms with van der Waals surface area (Å²) in [4.78, 5) is 0. The Labute approximate surface area is 72.2 Å². The van der Waals surface area contributed by atoms with Crippen molar-refractivity contribution in [2.75, 3.05) is 0 Å². The van der Waals surface area contributed by atoms with Crippen molar-refractivity contribution in [2.45, 2.75) is 39.3 Å². The van der Waals surface area contributed by atoms with Crippen LogP contribution in [0.1, 0.15) is 0 Å². The Morgan fingerprint density at radius 1 is 0.636 bits per heavy atom. The zero-order valence-electron chi connectivity index (χ0n) is 8.32. The van der Waals surface area contributed by atoms with Crippen LogP contribution in [0, 0.1) is 0 Å². The summed E-state index contributed by atoms with van der Waals surface area (Å²) >= 11 is 0. The molecule has 0 aromatic heterocycles. The highest BCUT2D eigenvalue weighted by Crippen LogP contribution is 2.35. The van der Waals surface area contributed by atoms with Crippen molar-refractivity contribution in [2.24, 2.45) is 0 Å². The summed E-state index contributed by atoms with van der Waals surface area (Å²) in [5.41, 5.74) is 0. The van der Waals surface area contributed by atoms with E-state index < -0.39 is 24.2 Å². The lowest BCUT2D eigenvalue weighted by Crippen LogP contribution is -2.52. The Hall–Kier alpha value is 0.571. The van der Waals surface area contributed by atoms with Gasteiger partial charge in [-0.25, -0.2) is 0 Å². The first-order chi connectivity index (χ1) is 4.66. The summed E-state index contributed by atoms with van der Waals surface area (Å²) in [5.74, 6) is 0. The van der Waals surface area contributed by atoms with Crippen LogP contribution in [-0.2, 0) is 8.23 Å². The maximum Gasteiger partial charge on any atom is 0.310 e. The monoisotopic (exact) mass is 206 g/mol. The molecule has 66 valence electrons. The summed E-state index contributed by atoms with van der Waals surface area (Å²) in [6.45, 7) is 13.5. The third kappa shape index (κ3) is 1.67. The van der Waals surface area contributed by atoms with Crippen LogP contribution in [0.15, 0.2) is 0 Å². The van der Waals surface area contributed by atoms with Crippen LogP contribution in [0.4, 0.5) is 0 Å². The van der Waals surface area contributed by atoms with Crippen molar-refractivity contribution >= 4 is 24.2 Å². The molecule has 0 unspecified atom stereocenters. The fourth-order valence-corrected chi connectivity index (χ4v) is 22.7. The van der Waals surface area contributed by atoms with Gasteiger partial charge in [0.15, 0.2) is 15.7 Å². The maximum atomic E-state index is 6.07. The molecule has 5 heteroatoms. The lowest BCUT2D eigenvalue weighted by Gasteiger charge is -2.26. The first-order valence-electron chi connectivity index (χ1n) is 4.07. The summed E-state index contributed by atoms with van der Waals surface area (Å²) in [7, 11) is -4.54. The van der Waals surface area contributed by atoms with E-state index in [0.717, 1.165) is 0 Å². The SMILES string of the molecule is C[Si]1(C)O[Si](C)(C)[Si](C)(C)O1. The van der Waals surface area contributed by atoms with E-state index in [-0.39, 0.29) is 0 Å². The Morgan fingerprint density at radius 3 is 1.00 bits per heavy atom. The van der Waals surface area contributed by atoms with Gasteiger partial charge in [0.2, 0.25) is 0 Å². The van der Waals surface area contributed by atoms with Gasteiger partial charge in [0.25, 0.3) is 0 Å². The molecule has 0 spiro atoms. The van der Waals surface area contributed by atoms with E-state index in [1.807, 2.05) is 0 Å². The molecular weight excluding hydrogens is 188 g/mol. The summed E-state index contributed by atoms with van der Waals surface area (Å²) < 4.78 is 12.1. The van der Waals surface area contributed by atoms with E-state index in [2.05, 4.69) is 39.3 Å². The van der Waals surface area contributed by atoms with Gasteiger partial charge < -0.3 is 8.23 Å². The van der Waals surface area contributed by atoms with E-state index in [1.165, 1.54) is 0 Å². The predicted molar refractivity (Wildman–Crippen MR) is 54.6 cm³/mol. The van der Waals surface area contributed by atoms with Crippen molar-refractivity contribution in [1.82, 2.24) is 0 Å². The smallest absolute Gasteiger partial charge is 0.310 e. The first kappa shape index (κ1) is 9.66. The Bertz CT molecular complexity index is 159. The molecule has 0 aliphatic carbocycles. The number of rotatable bonds is 0. The highest BCUT2D eigenvalue weighted by molar-refractivity contribution is 7.40. The molecule has 0 radical (unpaired) electrons. The van der Waals surface area contributed by atoms with Gasteiger partial charge in [0.1, 0.15) is 0 Å². The molecule has 0 bridgehead atoms. The Morgan fingerprint density at radius 2 is 0.909 bits per heavy atom. The van der Waals surface area contributed by atoms with Crippen LogP contribution in [0.5, 0.6) is 0 Å². The number of hydrogen-bond donors (Lipinski definition) is 0. The second kappa shape index (κ2) is 2.29. The molecule has 0 aromatic carbocycles. The average molecular weight is 206 g/mol. The minimum absolute atomic E-state index is 1.42. The van der Waals surface area contributed by atoms with Gasteiger partial charge in [-0.05, 0) is 39.3 Å². The van der Waals surface area contributed by atoms with E-state index in [9.17, 15) is 0 Å². The van der Waals surface area contributed by atoms with Crippen molar-refractivity contribution in [3.05, 3.63) is 0 Å². The standard InChI is InChI=1S/C6H18O2Si3/c1-9(2)7-10(3,4)11(5,6)8-9/h1-6H3. The largest absolute Gasteiger partial charge is 0.437 e. The Balaban J connectivity index is 2.89. The van der Waals surface area contributed by atoms with Gasteiger partial charge in [-0.3, -0.25) is 0 Å². The first-order valence-corrected chi connectivity index (χ1v) is 13.7. The zero-order valence-corrected chi connectivity index (χ0v) is 11.3. The molecule has 1 rings (SSSR count). The average Bonchev–Trinajstić information content (AvgIpc) is 1.66. The molecule has 0 saturated carbocycles. The molecule has 1 saturated heterocycles. The molecule has 2 nitrogen and oxygen atoms in total. The third-order valence-corrected chi connectivity index (χ3v) is 23.9. The fourth-order valence-electron chi connectivity index (χ4n) is 1.50. The minimum Gasteiger partial charge on any atom is -0.437 e. The molecular formula is C6H18O2Si3. The molecule has 0 atom stereocenters. The highest BCUT2D eigenvalue weighted by atomic mass is 29.3. The highest BCUT2D eigenvalue weighted by Gasteiger charge is 2.57. The second-order valence-electron chi connectivity index (χ2n) is 4.62. The zero-order chi connectivity index (χ0) is 8.91. The van der Waals surface area contributed by atoms with Gasteiger partial charge in [0.05, 0.1) is 0 Å². The summed E-state index contributed by atoms with van der Waals surface area (Å²) in [6.07, 6.45) is 0. The molecule has 0 amide bonds. The second-order valence-corrected chi connectivity index (χ2v) is 22.3.